The molecule has 2 aliphatic heterocycles. The molecule has 154 valence electrons. The van der Waals surface area contributed by atoms with Gasteiger partial charge in [0.1, 0.15) is 13.2 Å². The highest BCUT2D eigenvalue weighted by molar-refractivity contribution is 7.98. The second-order valence-electron chi connectivity index (χ2n) is 6.97. The maximum Gasteiger partial charge on any atom is 0.321 e. The van der Waals surface area contributed by atoms with Crippen LogP contribution in [0.25, 0.3) is 0 Å². The molecule has 29 heavy (non-hydrogen) atoms. The van der Waals surface area contributed by atoms with Crippen molar-refractivity contribution in [2.75, 3.05) is 37.9 Å². The molecule has 1 aromatic heterocycles. The average molecular weight is 417 g/mol. The molecule has 3 amide bonds. The molecule has 2 aromatic rings. The van der Waals surface area contributed by atoms with E-state index in [-0.39, 0.29) is 11.9 Å². The van der Waals surface area contributed by atoms with E-state index in [1.54, 1.807) is 11.0 Å². The van der Waals surface area contributed by atoms with Crippen LogP contribution in [-0.4, -0.2) is 59.6 Å². The minimum Gasteiger partial charge on any atom is -0.486 e. The zero-order valence-electron chi connectivity index (χ0n) is 16.1. The number of piperidine rings is 1. The second kappa shape index (κ2) is 8.24. The standard InChI is InChI=1S/C19H23N5O4S/c1-29-16-8-15-14(27-5-6-28-15)7-13(16)22-19(26)24-4-2-3-11(10-24)17-12(18(20)25)9-21-23-17/h7-9,11H,2-6,10H2,1H3,(H2,20,25)(H,21,23)(H,22,26). The highest BCUT2D eigenvalue weighted by Gasteiger charge is 2.29. The number of benzene rings is 1. The van der Waals surface area contributed by atoms with Crippen LogP contribution in [0, 0.1) is 0 Å². The number of carbonyl (C=O) groups is 2. The van der Waals surface area contributed by atoms with E-state index in [0.717, 1.165) is 17.7 Å². The first-order valence-electron chi connectivity index (χ1n) is 9.43. The SMILES string of the molecule is CSc1cc2c(cc1NC(=O)N1CCCC(c3[nH]ncc3C(N)=O)C1)OCCO2. The Morgan fingerprint density at radius 3 is 2.79 bits per heavy atom. The van der Waals surface area contributed by atoms with Crippen LogP contribution in [0.1, 0.15) is 34.8 Å². The number of fused-ring (bicyclic) bond motifs is 1. The van der Waals surface area contributed by atoms with Gasteiger partial charge in [0, 0.05) is 30.0 Å². The number of nitrogens with zero attached hydrogens (tertiary/aromatic N) is 2. The third-order valence-corrected chi connectivity index (χ3v) is 5.93. The number of hydrogen-bond donors (Lipinski definition) is 3. The summed E-state index contributed by atoms with van der Waals surface area (Å²) in [4.78, 5) is 27.2. The predicted octanol–water partition coefficient (Wildman–Crippen LogP) is 2.41. The van der Waals surface area contributed by atoms with E-state index in [9.17, 15) is 9.59 Å². The number of carbonyl (C=O) groups excluding carboxylic acids is 2. The molecule has 4 rings (SSSR count). The van der Waals surface area contributed by atoms with Crippen molar-refractivity contribution in [3.8, 4) is 11.5 Å². The molecule has 0 aliphatic carbocycles. The first-order valence-corrected chi connectivity index (χ1v) is 10.7. The number of urea groups is 1. The summed E-state index contributed by atoms with van der Waals surface area (Å²) in [5, 5.41) is 9.82. The molecule has 3 heterocycles. The third kappa shape index (κ3) is 3.98. The van der Waals surface area contributed by atoms with E-state index in [1.807, 2.05) is 12.3 Å². The number of aromatic nitrogens is 2. The average Bonchev–Trinajstić information content (AvgIpc) is 3.23. The van der Waals surface area contributed by atoms with Gasteiger partial charge >= 0.3 is 6.03 Å². The number of anilines is 1. The smallest absolute Gasteiger partial charge is 0.321 e. The molecule has 0 radical (unpaired) electrons. The number of hydrogen-bond acceptors (Lipinski definition) is 6. The lowest BCUT2D eigenvalue weighted by atomic mass is 9.92. The van der Waals surface area contributed by atoms with Gasteiger partial charge in [-0.1, -0.05) is 0 Å². The van der Waals surface area contributed by atoms with E-state index in [0.29, 0.717) is 54.7 Å². The Morgan fingerprint density at radius 2 is 2.07 bits per heavy atom. The molecular weight excluding hydrogens is 394 g/mol. The van der Waals surface area contributed by atoms with Gasteiger partial charge in [-0.15, -0.1) is 11.8 Å². The molecular formula is C19H23N5O4S. The Labute approximate surface area is 172 Å². The van der Waals surface area contributed by atoms with Gasteiger partial charge in [-0.2, -0.15) is 5.10 Å². The fourth-order valence-corrected chi connectivity index (χ4v) is 4.29. The number of nitrogens with two attached hydrogens (primary N) is 1. The lowest BCUT2D eigenvalue weighted by molar-refractivity contribution is 0.0998. The summed E-state index contributed by atoms with van der Waals surface area (Å²) in [6.45, 7) is 2.12. The second-order valence-corrected chi connectivity index (χ2v) is 7.82. The number of ether oxygens (including phenoxy) is 2. The quantitative estimate of drug-likeness (QED) is 0.657. The van der Waals surface area contributed by atoms with Crippen molar-refractivity contribution >= 4 is 29.4 Å². The van der Waals surface area contributed by atoms with E-state index in [4.69, 9.17) is 15.2 Å². The van der Waals surface area contributed by atoms with Crippen LogP contribution in [0.4, 0.5) is 10.5 Å². The largest absolute Gasteiger partial charge is 0.486 e. The number of aromatic amines is 1. The van der Waals surface area contributed by atoms with Gasteiger partial charge in [0.05, 0.1) is 23.1 Å². The Hall–Kier alpha value is -2.88. The van der Waals surface area contributed by atoms with Crippen LogP contribution >= 0.6 is 11.8 Å². The highest BCUT2D eigenvalue weighted by atomic mass is 32.2. The molecule has 2 aliphatic rings. The number of likely N-dealkylation sites (tertiary alicyclic amines) is 1. The van der Waals surface area contributed by atoms with Crippen LogP contribution in [0.5, 0.6) is 11.5 Å². The van der Waals surface area contributed by atoms with Crippen LogP contribution in [0.15, 0.2) is 23.2 Å². The maximum absolute atomic E-state index is 13.0. The van der Waals surface area contributed by atoms with Crippen molar-refractivity contribution in [2.24, 2.45) is 5.73 Å². The summed E-state index contributed by atoms with van der Waals surface area (Å²) in [6, 6.07) is 3.50. The summed E-state index contributed by atoms with van der Waals surface area (Å²) in [6.07, 6.45) is 5.07. The highest BCUT2D eigenvalue weighted by Crippen LogP contribution is 2.39. The van der Waals surface area contributed by atoms with Crippen LogP contribution in [0.3, 0.4) is 0 Å². The molecule has 1 fully saturated rings. The van der Waals surface area contributed by atoms with E-state index < -0.39 is 5.91 Å². The molecule has 0 saturated carbocycles. The number of primary amides is 1. The molecule has 9 nitrogen and oxygen atoms in total. The normalized spacial score (nSPS) is 18.4. The van der Waals surface area contributed by atoms with Gasteiger partial charge in [0.2, 0.25) is 0 Å². The summed E-state index contributed by atoms with van der Waals surface area (Å²) in [5.41, 5.74) is 7.20. The van der Waals surface area contributed by atoms with Gasteiger partial charge in [0.15, 0.2) is 11.5 Å². The Bertz CT molecular complexity index is 931. The third-order valence-electron chi connectivity index (χ3n) is 5.16. The molecule has 4 N–H and O–H groups in total. The van der Waals surface area contributed by atoms with Crippen LogP contribution in [0.2, 0.25) is 0 Å². The van der Waals surface area contributed by atoms with Crippen LogP contribution < -0.4 is 20.5 Å². The van der Waals surface area contributed by atoms with E-state index in [1.165, 1.54) is 18.0 Å². The van der Waals surface area contributed by atoms with E-state index in [2.05, 4.69) is 15.5 Å². The number of thioether (sulfide) groups is 1. The van der Waals surface area contributed by atoms with Crippen molar-refractivity contribution < 1.29 is 19.1 Å². The van der Waals surface area contributed by atoms with Crippen molar-refractivity contribution in [2.45, 2.75) is 23.7 Å². The molecule has 0 bridgehead atoms. The minimum absolute atomic E-state index is 0.0141. The molecule has 1 saturated heterocycles. The van der Waals surface area contributed by atoms with Gasteiger partial charge in [-0.05, 0) is 25.2 Å². The van der Waals surface area contributed by atoms with Gasteiger partial charge < -0.3 is 25.4 Å². The molecule has 0 spiro atoms. The Balaban J connectivity index is 1.50. The number of amides is 3. The monoisotopic (exact) mass is 417 g/mol. The molecule has 1 atom stereocenters. The maximum atomic E-state index is 13.0. The first-order chi connectivity index (χ1) is 14.1. The van der Waals surface area contributed by atoms with Gasteiger partial charge in [-0.25, -0.2) is 4.79 Å². The summed E-state index contributed by atoms with van der Waals surface area (Å²) >= 11 is 1.53. The zero-order chi connectivity index (χ0) is 20.4. The van der Waals surface area contributed by atoms with Crippen molar-refractivity contribution in [3.63, 3.8) is 0 Å². The van der Waals surface area contributed by atoms with Gasteiger partial charge in [0.25, 0.3) is 5.91 Å². The summed E-state index contributed by atoms with van der Waals surface area (Å²) < 4.78 is 11.3. The summed E-state index contributed by atoms with van der Waals surface area (Å²) in [5.74, 6) is 0.787. The number of nitrogens with one attached hydrogen (secondary N) is 2. The lowest BCUT2D eigenvalue weighted by Crippen LogP contribution is -2.42. The number of rotatable bonds is 4. The fraction of sp³-hybridized carbons (Fsp3) is 0.421. The van der Waals surface area contributed by atoms with E-state index >= 15 is 0 Å². The number of H-pyrrole nitrogens is 1. The van der Waals surface area contributed by atoms with Crippen molar-refractivity contribution in [1.29, 1.82) is 0 Å². The molecule has 1 aromatic carbocycles. The Kier molecular flexibility index (Phi) is 5.52. The van der Waals surface area contributed by atoms with Crippen molar-refractivity contribution in [1.82, 2.24) is 15.1 Å². The first kappa shape index (κ1) is 19.4. The van der Waals surface area contributed by atoms with Gasteiger partial charge in [-0.3, -0.25) is 9.89 Å². The topological polar surface area (TPSA) is 123 Å². The Morgan fingerprint density at radius 1 is 1.31 bits per heavy atom. The summed E-state index contributed by atoms with van der Waals surface area (Å²) in [7, 11) is 0. The molecule has 1 unspecified atom stereocenters. The van der Waals surface area contributed by atoms with Crippen molar-refractivity contribution in [3.05, 3.63) is 29.6 Å². The fourth-order valence-electron chi connectivity index (χ4n) is 3.73. The zero-order valence-corrected chi connectivity index (χ0v) is 16.9. The molecule has 10 heteroatoms. The minimum atomic E-state index is -0.517. The predicted molar refractivity (Wildman–Crippen MR) is 109 cm³/mol. The lowest BCUT2D eigenvalue weighted by Gasteiger charge is -2.33. The van der Waals surface area contributed by atoms with Crippen LogP contribution in [-0.2, 0) is 0 Å².